The molecule has 84 valence electrons. The van der Waals surface area contributed by atoms with Crippen LogP contribution in [0.1, 0.15) is 31.4 Å². The van der Waals surface area contributed by atoms with E-state index in [0.29, 0.717) is 0 Å². The first-order valence-corrected chi connectivity index (χ1v) is 5.38. The first-order chi connectivity index (χ1) is 6.97. The lowest BCUT2D eigenvalue weighted by Gasteiger charge is -2.25. The van der Waals surface area contributed by atoms with E-state index in [-0.39, 0.29) is 11.2 Å². The van der Waals surface area contributed by atoms with Crippen molar-refractivity contribution in [2.75, 3.05) is 13.6 Å². The minimum absolute atomic E-state index is 0.0987. The Bertz CT molecular complexity index is 331. The summed E-state index contributed by atoms with van der Waals surface area (Å²) < 4.78 is 13.1. The van der Waals surface area contributed by atoms with Gasteiger partial charge in [0.05, 0.1) is 0 Å². The Morgan fingerprint density at radius 3 is 2.53 bits per heavy atom. The molecule has 2 heteroatoms. The lowest BCUT2D eigenvalue weighted by molar-refractivity contribution is 0.467. The van der Waals surface area contributed by atoms with Gasteiger partial charge in [0.15, 0.2) is 0 Å². The van der Waals surface area contributed by atoms with Crippen LogP contribution in [0.3, 0.4) is 0 Å². The van der Waals surface area contributed by atoms with Gasteiger partial charge < -0.3 is 5.32 Å². The van der Waals surface area contributed by atoms with Crippen molar-refractivity contribution in [1.82, 2.24) is 5.32 Å². The molecule has 0 atom stereocenters. The monoisotopic (exact) mass is 209 g/mol. The molecule has 0 amide bonds. The molecule has 0 aliphatic rings. The minimum Gasteiger partial charge on any atom is -0.320 e. The van der Waals surface area contributed by atoms with Crippen molar-refractivity contribution < 1.29 is 4.39 Å². The number of hydrogen-bond acceptors (Lipinski definition) is 1. The molecule has 0 aromatic heterocycles. The van der Waals surface area contributed by atoms with E-state index in [4.69, 9.17) is 0 Å². The predicted octanol–water partition coefficient (Wildman–Crippen LogP) is 3.02. The first kappa shape index (κ1) is 12.2. The second kappa shape index (κ2) is 4.75. The number of rotatable bonds is 4. The van der Waals surface area contributed by atoms with Crippen LogP contribution in [0.25, 0.3) is 0 Å². The van der Waals surface area contributed by atoms with Crippen LogP contribution in [0.5, 0.6) is 0 Å². The Morgan fingerprint density at radius 1 is 1.33 bits per heavy atom. The fourth-order valence-corrected chi connectivity index (χ4v) is 1.65. The van der Waals surface area contributed by atoms with Crippen LogP contribution in [-0.4, -0.2) is 13.6 Å². The van der Waals surface area contributed by atoms with Gasteiger partial charge in [-0.2, -0.15) is 0 Å². The third kappa shape index (κ3) is 3.03. The Hall–Kier alpha value is -0.890. The molecule has 0 saturated carbocycles. The molecule has 1 N–H and O–H groups in total. The molecule has 1 rings (SSSR count). The second-order valence-corrected chi connectivity index (χ2v) is 4.70. The van der Waals surface area contributed by atoms with Gasteiger partial charge in [0.25, 0.3) is 0 Å². The van der Waals surface area contributed by atoms with Crippen LogP contribution in [0.2, 0.25) is 0 Å². The van der Waals surface area contributed by atoms with Crippen molar-refractivity contribution in [1.29, 1.82) is 0 Å². The quantitative estimate of drug-likeness (QED) is 0.803. The number of nitrogens with one attached hydrogen (secondary N) is 1. The third-order valence-electron chi connectivity index (χ3n) is 2.94. The molecule has 1 aromatic carbocycles. The fourth-order valence-electron chi connectivity index (χ4n) is 1.65. The van der Waals surface area contributed by atoms with Gasteiger partial charge >= 0.3 is 0 Å². The fraction of sp³-hybridized carbons (Fsp3) is 0.538. The van der Waals surface area contributed by atoms with E-state index in [1.54, 1.807) is 6.07 Å². The summed E-state index contributed by atoms with van der Waals surface area (Å²) in [6, 6.07) is 5.40. The Morgan fingerprint density at radius 2 is 2.00 bits per heavy atom. The Kier molecular flexibility index (Phi) is 3.86. The van der Waals surface area contributed by atoms with E-state index in [2.05, 4.69) is 19.2 Å². The number of hydrogen-bond donors (Lipinski definition) is 1. The van der Waals surface area contributed by atoms with Gasteiger partial charge in [-0.05, 0) is 49.5 Å². The summed E-state index contributed by atoms with van der Waals surface area (Å²) in [5.74, 6) is -0.122. The highest BCUT2D eigenvalue weighted by atomic mass is 19.1. The third-order valence-corrected chi connectivity index (χ3v) is 2.94. The zero-order chi connectivity index (χ0) is 11.5. The smallest absolute Gasteiger partial charge is 0.126 e. The maximum Gasteiger partial charge on any atom is 0.126 e. The van der Waals surface area contributed by atoms with Gasteiger partial charge in [-0.25, -0.2) is 4.39 Å². The zero-order valence-electron chi connectivity index (χ0n) is 10.0. The van der Waals surface area contributed by atoms with Crippen molar-refractivity contribution in [3.05, 3.63) is 35.1 Å². The van der Waals surface area contributed by atoms with E-state index in [9.17, 15) is 4.39 Å². The van der Waals surface area contributed by atoms with Crippen LogP contribution in [-0.2, 0) is 5.41 Å². The summed E-state index contributed by atoms with van der Waals surface area (Å²) in [6.07, 6.45) is 1.05. The summed E-state index contributed by atoms with van der Waals surface area (Å²) in [6.45, 7) is 7.17. The van der Waals surface area contributed by atoms with Gasteiger partial charge in [-0.1, -0.05) is 26.0 Å². The predicted molar refractivity (Wildman–Crippen MR) is 62.7 cm³/mol. The van der Waals surface area contributed by atoms with Gasteiger partial charge in [0, 0.05) is 0 Å². The summed E-state index contributed by atoms with van der Waals surface area (Å²) >= 11 is 0. The van der Waals surface area contributed by atoms with E-state index in [0.717, 1.165) is 18.5 Å². The minimum atomic E-state index is -0.122. The summed E-state index contributed by atoms with van der Waals surface area (Å²) in [4.78, 5) is 0. The highest BCUT2D eigenvalue weighted by Crippen LogP contribution is 2.27. The van der Waals surface area contributed by atoms with Crippen molar-refractivity contribution in [2.45, 2.75) is 32.6 Å². The number of halogens is 1. The maximum absolute atomic E-state index is 13.1. The highest BCUT2D eigenvalue weighted by molar-refractivity contribution is 5.29. The summed E-state index contributed by atoms with van der Waals surface area (Å²) in [7, 11) is 1.95. The standard InChI is InChI=1S/C13H20FN/c1-10-9-11(5-6-12(10)14)13(2,3)7-8-15-4/h5-6,9,15H,7-8H2,1-4H3. The summed E-state index contributed by atoms with van der Waals surface area (Å²) in [5.41, 5.74) is 2.03. The first-order valence-electron chi connectivity index (χ1n) is 5.38. The molecule has 15 heavy (non-hydrogen) atoms. The van der Waals surface area contributed by atoms with Crippen LogP contribution in [0.15, 0.2) is 18.2 Å². The normalized spacial score (nSPS) is 11.8. The molecule has 1 aromatic rings. The van der Waals surface area contributed by atoms with Crippen LogP contribution in [0.4, 0.5) is 4.39 Å². The Balaban J connectivity index is 2.89. The van der Waals surface area contributed by atoms with E-state index >= 15 is 0 Å². The highest BCUT2D eigenvalue weighted by Gasteiger charge is 2.20. The average Bonchev–Trinajstić information content (AvgIpc) is 2.19. The van der Waals surface area contributed by atoms with E-state index < -0.39 is 0 Å². The largest absolute Gasteiger partial charge is 0.320 e. The van der Waals surface area contributed by atoms with Crippen molar-refractivity contribution in [3.63, 3.8) is 0 Å². The molecule has 1 nitrogen and oxygen atoms in total. The van der Waals surface area contributed by atoms with E-state index in [1.165, 1.54) is 5.56 Å². The Labute approximate surface area is 91.7 Å². The SMILES string of the molecule is CNCCC(C)(C)c1ccc(F)c(C)c1. The average molecular weight is 209 g/mol. The zero-order valence-corrected chi connectivity index (χ0v) is 10.0. The molecule has 0 bridgehead atoms. The van der Waals surface area contributed by atoms with Gasteiger partial charge in [-0.15, -0.1) is 0 Å². The van der Waals surface area contributed by atoms with Crippen molar-refractivity contribution in [2.24, 2.45) is 0 Å². The molecular formula is C13H20FN. The molecule has 0 aliphatic heterocycles. The molecular weight excluding hydrogens is 189 g/mol. The van der Waals surface area contributed by atoms with E-state index in [1.807, 2.05) is 26.1 Å². The van der Waals surface area contributed by atoms with Gasteiger partial charge in [-0.3, -0.25) is 0 Å². The molecule has 0 aliphatic carbocycles. The molecule has 0 unspecified atom stereocenters. The number of benzene rings is 1. The van der Waals surface area contributed by atoms with Gasteiger partial charge in [0.1, 0.15) is 5.82 Å². The molecule has 0 saturated heterocycles. The lowest BCUT2D eigenvalue weighted by atomic mass is 9.81. The second-order valence-electron chi connectivity index (χ2n) is 4.70. The molecule has 0 fully saturated rings. The molecule has 0 spiro atoms. The van der Waals surface area contributed by atoms with Crippen LogP contribution < -0.4 is 5.32 Å². The maximum atomic E-state index is 13.1. The van der Waals surface area contributed by atoms with Crippen LogP contribution >= 0.6 is 0 Å². The molecule has 0 heterocycles. The lowest BCUT2D eigenvalue weighted by Crippen LogP contribution is -2.23. The topological polar surface area (TPSA) is 12.0 Å². The summed E-state index contributed by atoms with van der Waals surface area (Å²) in [5, 5.41) is 3.15. The van der Waals surface area contributed by atoms with Crippen LogP contribution in [0, 0.1) is 12.7 Å². The van der Waals surface area contributed by atoms with Crippen molar-refractivity contribution >= 4 is 0 Å². The number of aryl methyl sites for hydroxylation is 1. The van der Waals surface area contributed by atoms with Crippen molar-refractivity contribution in [3.8, 4) is 0 Å². The van der Waals surface area contributed by atoms with Gasteiger partial charge in [0.2, 0.25) is 0 Å². The molecule has 0 radical (unpaired) electrons.